The first kappa shape index (κ1) is 20.9. The molecule has 0 N–H and O–H groups in total. The highest BCUT2D eigenvalue weighted by Gasteiger charge is 2.41. The minimum absolute atomic E-state index is 0.0928. The molecule has 0 saturated heterocycles. The number of benzene rings is 3. The lowest BCUT2D eigenvalue weighted by Crippen LogP contribution is -2.33. The lowest BCUT2D eigenvalue weighted by molar-refractivity contribution is -0.0192. The molecule has 0 unspecified atom stereocenters. The second kappa shape index (κ2) is 8.51. The quantitative estimate of drug-likeness (QED) is 0.420. The summed E-state index contributed by atoms with van der Waals surface area (Å²) >= 11 is 3.62. The first-order valence-electron chi connectivity index (χ1n) is 10.7. The van der Waals surface area contributed by atoms with Gasteiger partial charge in [-0.3, -0.25) is 0 Å². The molecule has 5 nitrogen and oxygen atoms in total. The van der Waals surface area contributed by atoms with Crippen LogP contribution in [-0.4, -0.2) is 24.9 Å². The molecule has 2 aliphatic rings. The normalized spacial score (nSPS) is 19.0. The number of fused-ring (bicyclic) bond motifs is 3. The standard InChI is InChI=1S/C26H25BrN2O3/c1-4-16-5-7-17(8-6-16)21-15-22-20-14-19(27)10-12-23(20)32-26(29(22)28-21)18-9-11-24(30-2)25(13-18)31-3/h5-14,22,26H,4,15H2,1-3H3/t22-,26-/m0/s1. The monoisotopic (exact) mass is 492 g/mol. The number of hydrogen-bond acceptors (Lipinski definition) is 5. The van der Waals surface area contributed by atoms with Crippen molar-refractivity contribution in [1.82, 2.24) is 5.01 Å². The third-order valence-electron chi connectivity index (χ3n) is 6.14. The maximum absolute atomic E-state index is 6.48. The minimum Gasteiger partial charge on any atom is -0.493 e. The molecule has 164 valence electrons. The predicted molar refractivity (Wildman–Crippen MR) is 129 cm³/mol. The zero-order valence-electron chi connectivity index (χ0n) is 18.3. The van der Waals surface area contributed by atoms with Gasteiger partial charge in [0, 0.05) is 22.0 Å². The number of rotatable bonds is 5. The van der Waals surface area contributed by atoms with Crippen LogP contribution in [0.2, 0.25) is 0 Å². The lowest BCUT2D eigenvalue weighted by atomic mass is 9.95. The Bertz CT molecular complexity index is 1180. The lowest BCUT2D eigenvalue weighted by Gasteiger charge is -2.38. The fourth-order valence-corrected chi connectivity index (χ4v) is 4.77. The zero-order valence-corrected chi connectivity index (χ0v) is 19.9. The Morgan fingerprint density at radius 3 is 2.50 bits per heavy atom. The molecule has 0 bridgehead atoms. The predicted octanol–water partition coefficient (Wildman–Crippen LogP) is 6.27. The van der Waals surface area contributed by atoms with Crippen LogP contribution in [0.3, 0.4) is 0 Å². The van der Waals surface area contributed by atoms with E-state index in [1.165, 1.54) is 5.56 Å². The number of aryl methyl sites for hydroxylation is 1. The summed E-state index contributed by atoms with van der Waals surface area (Å²) in [6.45, 7) is 2.17. The van der Waals surface area contributed by atoms with Crippen LogP contribution < -0.4 is 14.2 Å². The van der Waals surface area contributed by atoms with Crippen LogP contribution in [0.4, 0.5) is 0 Å². The summed E-state index contributed by atoms with van der Waals surface area (Å²) in [6, 6.07) is 20.9. The van der Waals surface area contributed by atoms with E-state index in [1.807, 2.05) is 30.3 Å². The summed E-state index contributed by atoms with van der Waals surface area (Å²) in [5.41, 5.74) is 5.65. The van der Waals surface area contributed by atoms with Gasteiger partial charge in [-0.25, -0.2) is 5.01 Å². The Balaban J connectivity index is 1.58. The van der Waals surface area contributed by atoms with Gasteiger partial charge in [-0.05, 0) is 53.9 Å². The van der Waals surface area contributed by atoms with E-state index in [2.05, 4.69) is 58.2 Å². The third-order valence-corrected chi connectivity index (χ3v) is 6.63. The van der Waals surface area contributed by atoms with Gasteiger partial charge >= 0.3 is 0 Å². The fraction of sp³-hybridized carbons (Fsp3) is 0.269. The van der Waals surface area contributed by atoms with E-state index in [4.69, 9.17) is 19.3 Å². The largest absolute Gasteiger partial charge is 0.493 e. The van der Waals surface area contributed by atoms with Crippen molar-refractivity contribution in [2.75, 3.05) is 14.2 Å². The molecule has 0 saturated carbocycles. The van der Waals surface area contributed by atoms with Crippen molar-refractivity contribution in [2.24, 2.45) is 5.10 Å². The van der Waals surface area contributed by atoms with E-state index < -0.39 is 0 Å². The molecule has 2 atom stereocenters. The summed E-state index contributed by atoms with van der Waals surface area (Å²) in [5, 5.41) is 7.14. The molecule has 0 fully saturated rings. The number of ether oxygens (including phenoxy) is 3. The van der Waals surface area contributed by atoms with Gasteiger partial charge < -0.3 is 14.2 Å². The van der Waals surface area contributed by atoms with Crippen molar-refractivity contribution in [3.8, 4) is 17.2 Å². The minimum atomic E-state index is -0.360. The Hall–Kier alpha value is -2.99. The van der Waals surface area contributed by atoms with Crippen LogP contribution in [0.5, 0.6) is 17.2 Å². The Kier molecular flexibility index (Phi) is 5.55. The van der Waals surface area contributed by atoms with E-state index in [0.717, 1.165) is 45.5 Å². The van der Waals surface area contributed by atoms with E-state index in [1.54, 1.807) is 14.2 Å². The summed E-state index contributed by atoms with van der Waals surface area (Å²) < 4.78 is 18.5. The molecular weight excluding hydrogens is 468 g/mol. The summed E-state index contributed by atoms with van der Waals surface area (Å²) in [5.74, 6) is 2.24. The number of nitrogens with zero attached hydrogens (tertiary/aromatic N) is 2. The van der Waals surface area contributed by atoms with E-state index in [9.17, 15) is 0 Å². The number of methoxy groups -OCH3 is 2. The van der Waals surface area contributed by atoms with Crippen LogP contribution in [-0.2, 0) is 6.42 Å². The average Bonchev–Trinajstić information content (AvgIpc) is 3.29. The van der Waals surface area contributed by atoms with Crippen molar-refractivity contribution >= 4 is 21.6 Å². The Morgan fingerprint density at radius 2 is 1.78 bits per heavy atom. The summed E-state index contributed by atoms with van der Waals surface area (Å²) in [6.07, 6.45) is 1.49. The highest BCUT2D eigenvalue weighted by molar-refractivity contribution is 9.10. The maximum Gasteiger partial charge on any atom is 0.214 e. The van der Waals surface area contributed by atoms with Crippen molar-refractivity contribution in [3.63, 3.8) is 0 Å². The number of hydrogen-bond donors (Lipinski definition) is 0. The summed E-state index contributed by atoms with van der Waals surface area (Å²) in [7, 11) is 3.28. The fourth-order valence-electron chi connectivity index (χ4n) is 4.39. The molecule has 32 heavy (non-hydrogen) atoms. The molecule has 6 heteroatoms. The number of hydrazone groups is 1. The molecule has 0 amide bonds. The molecule has 0 radical (unpaired) electrons. The van der Waals surface area contributed by atoms with Gasteiger partial charge in [0.05, 0.1) is 26.0 Å². The molecule has 2 aliphatic heterocycles. The smallest absolute Gasteiger partial charge is 0.214 e. The van der Waals surface area contributed by atoms with Crippen LogP contribution in [0.1, 0.15) is 47.9 Å². The highest BCUT2D eigenvalue weighted by Crippen LogP contribution is 2.49. The van der Waals surface area contributed by atoms with Crippen molar-refractivity contribution in [2.45, 2.75) is 32.0 Å². The molecule has 3 aromatic carbocycles. The van der Waals surface area contributed by atoms with Crippen molar-refractivity contribution < 1.29 is 14.2 Å². The maximum atomic E-state index is 6.48. The first-order valence-corrected chi connectivity index (χ1v) is 11.5. The third kappa shape index (κ3) is 3.62. The highest BCUT2D eigenvalue weighted by atomic mass is 79.9. The van der Waals surface area contributed by atoms with E-state index >= 15 is 0 Å². The van der Waals surface area contributed by atoms with Crippen LogP contribution in [0.25, 0.3) is 0 Å². The van der Waals surface area contributed by atoms with Crippen LogP contribution in [0, 0.1) is 0 Å². The van der Waals surface area contributed by atoms with Gasteiger partial charge in [0.1, 0.15) is 5.75 Å². The molecule has 0 aliphatic carbocycles. The van der Waals surface area contributed by atoms with Crippen LogP contribution in [0.15, 0.2) is 70.2 Å². The van der Waals surface area contributed by atoms with Gasteiger partial charge in [0.15, 0.2) is 11.5 Å². The van der Waals surface area contributed by atoms with Gasteiger partial charge in [0.2, 0.25) is 6.23 Å². The van der Waals surface area contributed by atoms with E-state index in [-0.39, 0.29) is 12.3 Å². The topological polar surface area (TPSA) is 43.3 Å². The zero-order chi connectivity index (χ0) is 22.2. The van der Waals surface area contributed by atoms with Crippen molar-refractivity contribution in [1.29, 1.82) is 0 Å². The number of halogens is 1. The van der Waals surface area contributed by atoms with Gasteiger partial charge in [0.25, 0.3) is 0 Å². The molecule has 3 aromatic rings. The van der Waals surface area contributed by atoms with E-state index in [0.29, 0.717) is 11.5 Å². The Labute approximate surface area is 196 Å². The van der Waals surface area contributed by atoms with Gasteiger partial charge in [-0.1, -0.05) is 47.1 Å². The van der Waals surface area contributed by atoms with Crippen LogP contribution >= 0.6 is 15.9 Å². The molecular formula is C26H25BrN2O3. The molecule has 0 aromatic heterocycles. The first-order chi connectivity index (χ1) is 15.6. The Morgan fingerprint density at radius 1 is 1.00 bits per heavy atom. The second-order valence-electron chi connectivity index (χ2n) is 7.96. The average molecular weight is 493 g/mol. The second-order valence-corrected chi connectivity index (χ2v) is 8.88. The van der Waals surface area contributed by atoms with Gasteiger partial charge in [-0.2, -0.15) is 5.10 Å². The molecule has 0 spiro atoms. The SMILES string of the molecule is CCc1ccc(C2=NN3[C@@H](C2)c2cc(Br)ccc2O[C@H]3c2ccc(OC)c(OC)c2)cc1. The molecule has 2 heterocycles. The summed E-state index contributed by atoms with van der Waals surface area (Å²) in [4.78, 5) is 0. The molecule has 5 rings (SSSR count). The van der Waals surface area contributed by atoms with Gasteiger partial charge in [-0.15, -0.1) is 0 Å². The van der Waals surface area contributed by atoms with Crippen molar-refractivity contribution in [3.05, 3.63) is 87.4 Å².